The number of benzene rings is 1. The highest BCUT2D eigenvalue weighted by molar-refractivity contribution is 5.96. The number of nitrogens with zero attached hydrogens (tertiary/aromatic N) is 2. The number of aryl methyl sites for hydroxylation is 2. The standard InChI is InChI=1S/C25H31N3O3/c1-18-3-4-21(19(2)15-18)24(30)28-16-22(25(17-28)8-13-31-14-9-25)23(29)27-12-7-20-5-10-26-11-6-20/h3-6,10-11,15,22H,7-9,12-14,16-17H2,1-2H3,(H,27,29). The third kappa shape index (κ3) is 4.64. The predicted octanol–water partition coefficient (Wildman–Crippen LogP) is 2.93. The first kappa shape index (κ1) is 21.5. The van der Waals surface area contributed by atoms with Gasteiger partial charge >= 0.3 is 0 Å². The number of amides is 2. The minimum Gasteiger partial charge on any atom is -0.381 e. The van der Waals surface area contributed by atoms with Gasteiger partial charge in [0.1, 0.15) is 0 Å². The minimum absolute atomic E-state index is 0.0236. The Morgan fingerprint density at radius 3 is 2.61 bits per heavy atom. The highest BCUT2D eigenvalue weighted by atomic mass is 16.5. The van der Waals surface area contributed by atoms with Crippen LogP contribution in [-0.2, 0) is 16.0 Å². The fourth-order valence-corrected chi connectivity index (χ4v) is 5.00. The maximum Gasteiger partial charge on any atom is 0.254 e. The first-order chi connectivity index (χ1) is 15.0. The van der Waals surface area contributed by atoms with Gasteiger partial charge in [-0.3, -0.25) is 14.6 Å². The molecule has 6 nitrogen and oxygen atoms in total. The van der Waals surface area contributed by atoms with E-state index >= 15 is 0 Å². The summed E-state index contributed by atoms with van der Waals surface area (Å²) >= 11 is 0. The normalized spacial score (nSPS) is 20.1. The lowest BCUT2D eigenvalue weighted by atomic mass is 9.71. The van der Waals surface area contributed by atoms with Crippen molar-refractivity contribution in [1.82, 2.24) is 15.2 Å². The number of likely N-dealkylation sites (tertiary alicyclic amines) is 1. The predicted molar refractivity (Wildman–Crippen MR) is 119 cm³/mol. The molecule has 1 atom stereocenters. The van der Waals surface area contributed by atoms with Crippen molar-refractivity contribution in [2.75, 3.05) is 32.8 Å². The number of ether oxygens (including phenoxy) is 1. The first-order valence-corrected chi connectivity index (χ1v) is 11.1. The number of aromatic nitrogens is 1. The summed E-state index contributed by atoms with van der Waals surface area (Å²) < 4.78 is 5.59. The van der Waals surface area contributed by atoms with Gasteiger partial charge in [-0.15, -0.1) is 0 Å². The summed E-state index contributed by atoms with van der Waals surface area (Å²) in [4.78, 5) is 32.5. The van der Waals surface area contributed by atoms with E-state index in [1.54, 1.807) is 12.4 Å². The molecule has 2 aliphatic rings. The Bertz CT molecular complexity index is 938. The van der Waals surface area contributed by atoms with Crippen LogP contribution in [0.2, 0.25) is 0 Å². The van der Waals surface area contributed by atoms with Gasteiger partial charge in [-0.25, -0.2) is 0 Å². The van der Waals surface area contributed by atoms with Crippen LogP contribution >= 0.6 is 0 Å². The summed E-state index contributed by atoms with van der Waals surface area (Å²) in [7, 11) is 0. The average Bonchev–Trinajstić information content (AvgIpc) is 3.13. The molecule has 2 fully saturated rings. The maximum absolute atomic E-state index is 13.3. The van der Waals surface area contributed by atoms with Crippen molar-refractivity contribution in [2.24, 2.45) is 11.3 Å². The lowest BCUT2D eigenvalue weighted by Gasteiger charge is -2.37. The van der Waals surface area contributed by atoms with E-state index in [-0.39, 0.29) is 23.1 Å². The van der Waals surface area contributed by atoms with E-state index in [1.807, 2.05) is 49.1 Å². The van der Waals surface area contributed by atoms with Crippen LogP contribution < -0.4 is 5.32 Å². The average molecular weight is 422 g/mol. The second kappa shape index (κ2) is 9.18. The zero-order valence-corrected chi connectivity index (χ0v) is 18.4. The molecular weight excluding hydrogens is 390 g/mol. The molecule has 1 spiro atoms. The van der Waals surface area contributed by atoms with E-state index < -0.39 is 0 Å². The van der Waals surface area contributed by atoms with Crippen LogP contribution in [-0.4, -0.2) is 54.5 Å². The Hall–Kier alpha value is -2.73. The molecule has 1 aromatic carbocycles. The maximum atomic E-state index is 13.3. The second-order valence-electron chi connectivity index (χ2n) is 8.93. The molecule has 1 N–H and O–H groups in total. The molecule has 0 bridgehead atoms. The third-order valence-corrected chi connectivity index (χ3v) is 6.81. The van der Waals surface area contributed by atoms with Gasteiger partial charge < -0.3 is 15.0 Å². The van der Waals surface area contributed by atoms with Crippen molar-refractivity contribution in [3.8, 4) is 0 Å². The van der Waals surface area contributed by atoms with E-state index in [4.69, 9.17) is 4.74 Å². The molecule has 0 aliphatic carbocycles. The Balaban J connectivity index is 1.47. The number of carbonyl (C=O) groups excluding carboxylic acids is 2. The van der Waals surface area contributed by atoms with Gasteiger partial charge in [0.05, 0.1) is 5.92 Å². The van der Waals surface area contributed by atoms with E-state index in [9.17, 15) is 9.59 Å². The lowest BCUT2D eigenvalue weighted by molar-refractivity contribution is -0.129. The number of hydrogen-bond donors (Lipinski definition) is 1. The highest BCUT2D eigenvalue weighted by Crippen LogP contribution is 2.44. The molecule has 0 radical (unpaired) electrons. The number of hydrogen-bond acceptors (Lipinski definition) is 4. The van der Waals surface area contributed by atoms with Crippen LogP contribution in [0.1, 0.15) is 39.9 Å². The summed E-state index contributed by atoms with van der Waals surface area (Å²) in [6, 6.07) is 9.85. The molecule has 1 aromatic heterocycles. The summed E-state index contributed by atoms with van der Waals surface area (Å²) in [5, 5.41) is 3.12. The molecule has 164 valence electrons. The van der Waals surface area contributed by atoms with Crippen molar-refractivity contribution < 1.29 is 14.3 Å². The number of carbonyl (C=O) groups is 2. The van der Waals surface area contributed by atoms with Crippen molar-refractivity contribution in [3.05, 3.63) is 65.0 Å². The number of rotatable bonds is 5. The lowest BCUT2D eigenvalue weighted by Crippen LogP contribution is -2.44. The fraction of sp³-hybridized carbons (Fsp3) is 0.480. The van der Waals surface area contributed by atoms with Crippen LogP contribution in [0.15, 0.2) is 42.7 Å². The Kier molecular flexibility index (Phi) is 6.37. The summed E-state index contributed by atoms with van der Waals surface area (Å²) in [5.41, 5.74) is 3.80. The molecule has 4 rings (SSSR count). The summed E-state index contributed by atoms with van der Waals surface area (Å²) in [5.74, 6) is -0.133. The molecule has 2 aliphatic heterocycles. The minimum atomic E-state index is -0.205. The zero-order valence-electron chi connectivity index (χ0n) is 18.4. The van der Waals surface area contributed by atoms with Crippen LogP contribution in [0.25, 0.3) is 0 Å². The molecule has 0 saturated carbocycles. The van der Waals surface area contributed by atoms with Gasteiger partial charge in [0.15, 0.2) is 0 Å². The fourth-order valence-electron chi connectivity index (χ4n) is 5.00. The highest BCUT2D eigenvalue weighted by Gasteiger charge is 2.51. The number of nitrogens with one attached hydrogen (secondary N) is 1. The van der Waals surface area contributed by atoms with Gasteiger partial charge in [-0.2, -0.15) is 0 Å². The van der Waals surface area contributed by atoms with E-state index in [1.165, 1.54) is 0 Å². The van der Waals surface area contributed by atoms with E-state index in [0.717, 1.165) is 41.5 Å². The van der Waals surface area contributed by atoms with Gasteiger partial charge in [-0.1, -0.05) is 17.7 Å². The third-order valence-electron chi connectivity index (χ3n) is 6.81. The number of pyridine rings is 1. The molecule has 31 heavy (non-hydrogen) atoms. The Morgan fingerprint density at radius 2 is 1.90 bits per heavy atom. The van der Waals surface area contributed by atoms with E-state index in [0.29, 0.717) is 32.8 Å². The van der Waals surface area contributed by atoms with Crippen molar-refractivity contribution in [3.63, 3.8) is 0 Å². The zero-order chi connectivity index (χ0) is 21.8. The van der Waals surface area contributed by atoms with Gasteiger partial charge in [-0.05, 0) is 62.4 Å². The summed E-state index contributed by atoms with van der Waals surface area (Å²) in [6.07, 6.45) is 5.92. The smallest absolute Gasteiger partial charge is 0.254 e. The topological polar surface area (TPSA) is 71.5 Å². The van der Waals surface area contributed by atoms with Crippen molar-refractivity contribution in [2.45, 2.75) is 33.1 Å². The Labute approximate surface area is 184 Å². The first-order valence-electron chi connectivity index (χ1n) is 11.1. The second-order valence-corrected chi connectivity index (χ2v) is 8.93. The van der Waals surface area contributed by atoms with Crippen LogP contribution in [0.3, 0.4) is 0 Å². The van der Waals surface area contributed by atoms with Gasteiger partial charge in [0.2, 0.25) is 5.91 Å². The molecule has 2 amide bonds. The molecule has 3 heterocycles. The largest absolute Gasteiger partial charge is 0.381 e. The SMILES string of the molecule is Cc1ccc(C(=O)N2CC(C(=O)NCCc3ccncc3)C3(CCOCC3)C2)c(C)c1. The van der Waals surface area contributed by atoms with Crippen molar-refractivity contribution in [1.29, 1.82) is 0 Å². The molecule has 2 saturated heterocycles. The molecule has 6 heteroatoms. The Morgan fingerprint density at radius 1 is 1.16 bits per heavy atom. The van der Waals surface area contributed by atoms with Crippen LogP contribution in [0, 0.1) is 25.2 Å². The van der Waals surface area contributed by atoms with E-state index in [2.05, 4.69) is 10.3 Å². The molecule has 1 unspecified atom stereocenters. The quantitative estimate of drug-likeness (QED) is 0.806. The molecule has 2 aromatic rings. The molecular formula is C25H31N3O3. The van der Waals surface area contributed by atoms with Gasteiger partial charge in [0, 0.05) is 56.2 Å². The van der Waals surface area contributed by atoms with Crippen LogP contribution in [0.5, 0.6) is 0 Å². The van der Waals surface area contributed by atoms with Gasteiger partial charge in [0.25, 0.3) is 5.91 Å². The van der Waals surface area contributed by atoms with Crippen molar-refractivity contribution >= 4 is 11.8 Å². The summed E-state index contributed by atoms with van der Waals surface area (Å²) in [6.45, 7) is 6.96. The van der Waals surface area contributed by atoms with Crippen LogP contribution in [0.4, 0.5) is 0 Å². The monoisotopic (exact) mass is 421 g/mol.